The van der Waals surface area contributed by atoms with Crippen LogP contribution >= 0.6 is 22.6 Å². The third-order valence-electron chi connectivity index (χ3n) is 2.72. The summed E-state index contributed by atoms with van der Waals surface area (Å²) >= 11 is 2.19. The Morgan fingerprint density at radius 1 is 1.53 bits per heavy atom. The minimum absolute atomic E-state index is 0.0395. The molecule has 17 heavy (non-hydrogen) atoms. The van der Waals surface area contributed by atoms with Gasteiger partial charge in [0, 0.05) is 20.0 Å². The van der Waals surface area contributed by atoms with Crippen LogP contribution in [0.1, 0.15) is 19.8 Å². The van der Waals surface area contributed by atoms with Crippen molar-refractivity contribution < 1.29 is 14.3 Å². The van der Waals surface area contributed by atoms with Gasteiger partial charge < -0.3 is 14.4 Å². The highest BCUT2D eigenvalue weighted by Crippen LogP contribution is 2.16. The SMILES string of the molecule is CC(=O)OC1CN(C)CCC1OCC/C=C/[123I]. The fraction of sp³-hybridized carbons (Fsp3) is 0.750. The van der Waals surface area contributed by atoms with Crippen LogP contribution in [0.3, 0.4) is 0 Å². The third kappa shape index (κ3) is 5.83. The molecule has 2 unspecified atom stereocenters. The number of likely N-dealkylation sites (N-methyl/N-ethyl adjacent to an activating group) is 1. The Balaban J connectivity index is 2.39. The molecule has 2 atom stereocenters. The van der Waals surface area contributed by atoms with Crippen molar-refractivity contribution >= 4 is 28.6 Å². The van der Waals surface area contributed by atoms with Crippen molar-refractivity contribution in [2.75, 3.05) is 26.7 Å². The third-order valence-corrected chi connectivity index (χ3v) is 3.23. The number of likely N-dealkylation sites (tertiary alicyclic amines) is 1. The molecule has 1 fully saturated rings. The second kappa shape index (κ2) is 8.05. The average molecular weight is 349 g/mol. The number of hydrogen-bond acceptors (Lipinski definition) is 4. The van der Waals surface area contributed by atoms with Gasteiger partial charge >= 0.3 is 5.97 Å². The minimum Gasteiger partial charge on any atom is -0.458 e. The summed E-state index contributed by atoms with van der Waals surface area (Å²) in [6.07, 6.45) is 3.80. The molecule has 5 heteroatoms. The fourth-order valence-corrected chi connectivity index (χ4v) is 2.28. The number of carbonyl (C=O) groups excluding carboxylic acids is 1. The molecule has 0 spiro atoms. The van der Waals surface area contributed by atoms with Crippen LogP contribution in [0.5, 0.6) is 0 Å². The maximum Gasteiger partial charge on any atom is 0.303 e. The summed E-state index contributed by atoms with van der Waals surface area (Å²) in [5.41, 5.74) is 0. The van der Waals surface area contributed by atoms with E-state index < -0.39 is 0 Å². The van der Waals surface area contributed by atoms with Gasteiger partial charge in [-0.05, 0) is 24.0 Å². The number of hydrogen-bond donors (Lipinski definition) is 0. The average Bonchev–Trinajstić information content (AvgIpc) is 2.26. The highest BCUT2D eigenvalue weighted by molar-refractivity contribution is 14.1. The highest BCUT2D eigenvalue weighted by atomic mass is 123. The Hall–Kier alpha value is -0.140. The number of esters is 1. The lowest BCUT2D eigenvalue weighted by atomic mass is 10.1. The van der Waals surface area contributed by atoms with Gasteiger partial charge in [-0.25, -0.2) is 0 Å². The molecular formula is C12H20INO3. The molecule has 0 radical (unpaired) electrons. The molecule has 1 heterocycles. The van der Waals surface area contributed by atoms with E-state index in [1.165, 1.54) is 6.92 Å². The van der Waals surface area contributed by atoms with Crippen molar-refractivity contribution in [3.8, 4) is 0 Å². The normalized spacial score (nSPS) is 26.3. The number of nitrogens with zero attached hydrogens (tertiary/aromatic N) is 1. The summed E-state index contributed by atoms with van der Waals surface area (Å²) < 4.78 is 13.1. The van der Waals surface area contributed by atoms with E-state index in [1.807, 2.05) is 11.1 Å². The number of ether oxygens (including phenoxy) is 2. The van der Waals surface area contributed by atoms with Crippen LogP contribution in [0.4, 0.5) is 0 Å². The predicted molar refractivity (Wildman–Crippen MR) is 75.2 cm³/mol. The molecule has 0 bridgehead atoms. The summed E-state index contributed by atoms with van der Waals surface area (Å²) in [5.74, 6) is -0.231. The lowest BCUT2D eigenvalue weighted by Gasteiger charge is -2.35. The summed E-state index contributed by atoms with van der Waals surface area (Å²) in [6.45, 7) is 3.88. The van der Waals surface area contributed by atoms with E-state index >= 15 is 0 Å². The maximum absolute atomic E-state index is 11.0. The smallest absolute Gasteiger partial charge is 0.303 e. The molecular weight excluding hydrogens is 329 g/mol. The van der Waals surface area contributed by atoms with Crippen molar-refractivity contribution in [1.29, 1.82) is 0 Å². The molecule has 0 aromatic carbocycles. The van der Waals surface area contributed by atoms with Gasteiger partial charge in [0.05, 0.1) is 12.7 Å². The van der Waals surface area contributed by atoms with Gasteiger partial charge in [-0.1, -0.05) is 28.7 Å². The van der Waals surface area contributed by atoms with E-state index in [-0.39, 0.29) is 18.2 Å². The molecule has 0 amide bonds. The molecule has 4 nitrogen and oxygen atoms in total. The van der Waals surface area contributed by atoms with Crippen molar-refractivity contribution in [3.63, 3.8) is 0 Å². The lowest BCUT2D eigenvalue weighted by Crippen LogP contribution is -2.48. The van der Waals surface area contributed by atoms with Crippen LogP contribution in [0.2, 0.25) is 0 Å². The largest absolute Gasteiger partial charge is 0.458 e. The van der Waals surface area contributed by atoms with Crippen molar-refractivity contribution in [1.82, 2.24) is 4.90 Å². The van der Waals surface area contributed by atoms with Gasteiger partial charge in [-0.3, -0.25) is 4.79 Å². The van der Waals surface area contributed by atoms with E-state index in [9.17, 15) is 4.79 Å². The highest BCUT2D eigenvalue weighted by Gasteiger charge is 2.30. The van der Waals surface area contributed by atoms with Crippen molar-refractivity contribution in [3.05, 3.63) is 10.2 Å². The number of rotatable bonds is 5. The van der Waals surface area contributed by atoms with Crippen LogP contribution in [-0.2, 0) is 14.3 Å². The molecule has 98 valence electrons. The number of carbonyl (C=O) groups is 1. The molecule has 0 saturated carbocycles. The van der Waals surface area contributed by atoms with E-state index in [4.69, 9.17) is 9.47 Å². The van der Waals surface area contributed by atoms with E-state index in [0.29, 0.717) is 6.61 Å². The van der Waals surface area contributed by atoms with E-state index in [2.05, 4.69) is 33.6 Å². The van der Waals surface area contributed by atoms with Crippen molar-refractivity contribution in [2.24, 2.45) is 0 Å². The number of piperidine rings is 1. The molecule has 0 N–H and O–H groups in total. The Morgan fingerprint density at radius 2 is 2.29 bits per heavy atom. The maximum atomic E-state index is 11.0. The Morgan fingerprint density at radius 3 is 2.94 bits per heavy atom. The first kappa shape index (κ1) is 14.9. The molecule has 0 aliphatic carbocycles. The van der Waals surface area contributed by atoms with Crippen LogP contribution in [-0.4, -0.2) is 49.8 Å². The molecule has 1 aliphatic rings. The first-order valence-corrected chi connectivity index (χ1v) is 7.10. The second-order valence-corrected chi connectivity index (χ2v) is 4.98. The van der Waals surface area contributed by atoms with Gasteiger partial charge in [0.1, 0.15) is 6.10 Å². The molecule has 0 aromatic heterocycles. The summed E-state index contributed by atoms with van der Waals surface area (Å²) in [5, 5.41) is 0. The van der Waals surface area contributed by atoms with Gasteiger partial charge in [0.25, 0.3) is 0 Å². The first-order chi connectivity index (χ1) is 8.13. The van der Waals surface area contributed by atoms with Gasteiger partial charge in [-0.15, -0.1) is 0 Å². The summed E-state index contributed by atoms with van der Waals surface area (Å²) in [4.78, 5) is 13.2. The Labute approximate surface area is 116 Å². The molecule has 0 aromatic rings. The monoisotopic (exact) mass is 349 g/mol. The van der Waals surface area contributed by atoms with Crippen LogP contribution in [0, 0.1) is 0 Å². The molecule has 1 rings (SSSR count). The van der Waals surface area contributed by atoms with Gasteiger partial charge in [0.2, 0.25) is 0 Å². The predicted octanol–water partition coefficient (Wildman–Crippen LogP) is 1.98. The zero-order chi connectivity index (χ0) is 12.7. The molecule has 1 aliphatic heterocycles. The quantitative estimate of drug-likeness (QED) is 0.432. The lowest BCUT2D eigenvalue weighted by molar-refractivity contribution is -0.160. The van der Waals surface area contributed by atoms with Crippen LogP contribution in [0.25, 0.3) is 0 Å². The van der Waals surface area contributed by atoms with Gasteiger partial charge in [-0.2, -0.15) is 0 Å². The standard InChI is InChI=1S/C12H20INO3/c1-10(15)17-12-9-14(2)7-5-11(12)16-8-4-3-6-13/h3,6,11-12H,4-5,7-9H2,1-2H3/b6-3+/i13-4. The summed E-state index contributed by atoms with van der Waals surface area (Å²) in [6, 6.07) is 0. The minimum atomic E-state index is -0.231. The number of halogens is 1. The van der Waals surface area contributed by atoms with E-state index in [1.54, 1.807) is 0 Å². The van der Waals surface area contributed by atoms with Crippen molar-refractivity contribution in [2.45, 2.75) is 32.0 Å². The zero-order valence-electron chi connectivity index (χ0n) is 10.4. The summed E-state index contributed by atoms with van der Waals surface area (Å²) in [7, 11) is 2.03. The van der Waals surface area contributed by atoms with Gasteiger partial charge in [0.15, 0.2) is 0 Å². The molecule has 1 saturated heterocycles. The van der Waals surface area contributed by atoms with Crippen LogP contribution in [0.15, 0.2) is 10.2 Å². The topological polar surface area (TPSA) is 38.8 Å². The fourth-order valence-electron chi connectivity index (χ4n) is 1.92. The zero-order valence-corrected chi connectivity index (χ0v) is 12.6. The van der Waals surface area contributed by atoms with E-state index in [0.717, 1.165) is 25.9 Å². The van der Waals surface area contributed by atoms with Crippen LogP contribution < -0.4 is 0 Å². The first-order valence-electron chi connectivity index (χ1n) is 5.86. The Bertz CT molecular complexity index is 270. The Kier molecular flexibility index (Phi) is 7.06. The second-order valence-electron chi connectivity index (χ2n) is 4.26.